The van der Waals surface area contributed by atoms with Gasteiger partial charge in [-0.05, 0) is 24.9 Å². The third kappa shape index (κ3) is 5.49. The van der Waals surface area contributed by atoms with Crippen LogP contribution in [0.4, 0.5) is 5.69 Å². The molecule has 0 heterocycles. The molecule has 1 aromatic carbocycles. The van der Waals surface area contributed by atoms with E-state index in [0.717, 1.165) is 19.4 Å². The van der Waals surface area contributed by atoms with E-state index in [1.807, 2.05) is 6.92 Å². The lowest BCUT2D eigenvalue weighted by molar-refractivity contribution is -0.385. The molecule has 0 aliphatic carbocycles. The summed E-state index contributed by atoms with van der Waals surface area (Å²) in [6, 6.07) is 4.27. The van der Waals surface area contributed by atoms with Crippen LogP contribution in [-0.4, -0.2) is 35.8 Å². The Balaban J connectivity index is 2.57. The molecule has 0 atom stereocenters. The zero-order valence-electron chi connectivity index (χ0n) is 12.0. The van der Waals surface area contributed by atoms with Crippen molar-refractivity contribution in [2.24, 2.45) is 0 Å². The molecule has 0 spiro atoms. The van der Waals surface area contributed by atoms with Crippen molar-refractivity contribution in [3.05, 3.63) is 39.4 Å². The molecule has 7 nitrogen and oxygen atoms in total. The second-order valence-corrected chi connectivity index (χ2v) is 4.52. The van der Waals surface area contributed by atoms with Crippen LogP contribution in [0.5, 0.6) is 0 Å². The number of nitrogens with one attached hydrogen (secondary N) is 1. The quantitative estimate of drug-likeness (QED) is 0.390. The van der Waals surface area contributed by atoms with Crippen LogP contribution >= 0.6 is 0 Å². The molecule has 1 aromatic rings. The molecular weight excluding hydrogens is 276 g/mol. The van der Waals surface area contributed by atoms with Gasteiger partial charge >= 0.3 is 5.97 Å². The number of ether oxygens (including phenoxy) is 1. The number of carboxylic acid groups (broad SMARTS) is 1. The van der Waals surface area contributed by atoms with Gasteiger partial charge in [-0.2, -0.15) is 0 Å². The van der Waals surface area contributed by atoms with E-state index in [1.165, 1.54) is 12.1 Å². The van der Waals surface area contributed by atoms with Gasteiger partial charge < -0.3 is 15.2 Å². The molecule has 1 rings (SSSR count). The summed E-state index contributed by atoms with van der Waals surface area (Å²) >= 11 is 0. The third-order valence-electron chi connectivity index (χ3n) is 2.85. The number of carbonyl (C=O) groups is 1. The van der Waals surface area contributed by atoms with Gasteiger partial charge in [0.2, 0.25) is 0 Å². The van der Waals surface area contributed by atoms with E-state index in [9.17, 15) is 14.9 Å². The summed E-state index contributed by atoms with van der Waals surface area (Å²) in [5, 5.41) is 23.1. The average Bonchev–Trinajstić information content (AvgIpc) is 2.45. The summed E-state index contributed by atoms with van der Waals surface area (Å²) in [5.74, 6) is -1.29. The van der Waals surface area contributed by atoms with Crippen molar-refractivity contribution in [2.45, 2.75) is 26.3 Å². The first-order valence-electron chi connectivity index (χ1n) is 6.86. The van der Waals surface area contributed by atoms with E-state index in [1.54, 1.807) is 6.07 Å². The molecule has 0 radical (unpaired) electrons. The summed E-state index contributed by atoms with van der Waals surface area (Å²) in [6.45, 7) is 4.34. The summed E-state index contributed by atoms with van der Waals surface area (Å²) in [6.07, 6.45) is 1.78. The van der Waals surface area contributed by atoms with Crippen LogP contribution in [0.25, 0.3) is 0 Å². The number of aromatic carboxylic acids is 1. The Hall–Kier alpha value is -1.99. The topological polar surface area (TPSA) is 102 Å². The maximum atomic E-state index is 11.2. The van der Waals surface area contributed by atoms with Gasteiger partial charge in [0.15, 0.2) is 0 Å². The van der Waals surface area contributed by atoms with Gasteiger partial charge in [-0.1, -0.05) is 19.1 Å². The number of nitro benzene ring substituents is 1. The molecule has 0 aliphatic heterocycles. The fourth-order valence-corrected chi connectivity index (χ4v) is 1.90. The maximum Gasteiger partial charge on any atom is 0.343 e. The Labute approximate surface area is 123 Å². The fourth-order valence-electron chi connectivity index (χ4n) is 1.90. The van der Waals surface area contributed by atoms with E-state index in [2.05, 4.69) is 5.32 Å². The van der Waals surface area contributed by atoms with Gasteiger partial charge in [-0.15, -0.1) is 0 Å². The van der Waals surface area contributed by atoms with Crippen molar-refractivity contribution in [3.8, 4) is 0 Å². The van der Waals surface area contributed by atoms with E-state index in [-0.39, 0.29) is 17.8 Å². The Morgan fingerprint density at radius 2 is 2.19 bits per heavy atom. The van der Waals surface area contributed by atoms with Crippen molar-refractivity contribution in [2.75, 3.05) is 19.8 Å². The van der Waals surface area contributed by atoms with E-state index >= 15 is 0 Å². The van der Waals surface area contributed by atoms with Crippen LogP contribution in [0.15, 0.2) is 18.2 Å². The first-order chi connectivity index (χ1) is 10.1. The SMILES string of the molecule is CCCOCCCNCc1cccc([N+](=O)[O-])c1C(=O)O. The molecular formula is C14H20N2O5. The number of hydrogen-bond acceptors (Lipinski definition) is 5. The molecule has 21 heavy (non-hydrogen) atoms. The van der Waals surface area contributed by atoms with Gasteiger partial charge in [-0.25, -0.2) is 4.79 Å². The summed E-state index contributed by atoms with van der Waals surface area (Å²) in [4.78, 5) is 21.4. The van der Waals surface area contributed by atoms with Gasteiger partial charge in [0, 0.05) is 25.8 Å². The largest absolute Gasteiger partial charge is 0.477 e. The first-order valence-corrected chi connectivity index (χ1v) is 6.86. The van der Waals surface area contributed by atoms with E-state index in [0.29, 0.717) is 18.7 Å². The minimum Gasteiger partial charge on any atom is -0.477 e. The van der Waals surface area contributed by atoms with Crippen molar-refractivity contribution in [3.63, 3.8) is 0 Å². The number of nitro groups is 1. The van der Waals surface area contributed by atoms with Crippen molar-refractivity contribution < 1.29 is 19.6 Å². The highest BCUT2D eigenvalue weighted by Crippen LogP contribution is 2.22. The van der Waals surface area contributed by atoms with Crippen LogP contribution in [0.3, 0.4) is 0 Å². The lowest BCUT2D eigenvalue weighted by Gasteiger charge is -2.08. The van der Waals surface area contributed by atoms with Gasteiger partial charge in [0.25, 0.3) is 5.69 Å². The smallest absolute Gasteiger partial charge is 0.343 e. The van der Waals surface area contributed by atoms with E-state index in [4.69, 9.17) is 9.84 Å². The Morgan fingerprint density at radius 1 is 1.43 bits per heavy atom. The predicted octanol–water partition coefficient (Wildman–Crippen LogP) is 2.20. The highest BCUT2D eigenvalue weighted by molar-refractivity contribution is 5.94. The lowest BCUT2D eigenvalue weighted by Crippen LogP contribution is -2.19. The molecule has 116 valence electrons. The zero-order valence-corrected chi connectivity index (χ0v) is 12.0. The molecule has 0 saturated carbocycles. The highest BCUT2D eigenvalue weighted by atomic mass is 16.6. The monoisotopic (exact) mass is 296 g/mol. The number of carboxylic acids is 1. The van der Waals surface area contributed by atoms with Gasteiger partial charge in [0.1, 0.15) is 5.56 Å². The summed E-state index contributed by atoms with van der Waals surface area (Å²) < 4.78 is 5.32. The van der Waals surface area contributed by atoms with Crippen LogP contribution in [0, 0.1) is 10.1 Å². The average molecular weight is 296 g/mol. The van der Waals surface area contributed by atoms with Gasteiger partial charge in [0.05, 0.1) is 4.92 Å². The molecule has 2 N–H and O–H groups in total. The second-order valence-electron chi connectivity index (χ2n) is 4.52. The molecule has 0 saturated heterocycles. The van der Waals surface area contributed by atoms with Crippen molar-refractivity contribution in [1.29, 1.82) is 0 Å². The second kappa shape index (κ2) is 9.04. The van der Waals surface area contributed by atoms with E-state index < -0.39 is 10.9 Å². The summed E-state index contributed by atoms with van der Waals surface area (Å²) in [7, 11) is 0. The minimum absolute atomic E-state index is 0.253. The standard InChI is InChI=1S/C14H20N2O5/c1-2-8-21-9-4-7-15-10-11-5-3-6-12(16(19)20)13(11)14(17)18/h3,5-6,15H,2,4,7-10H2,1H3,(H,17,18). The molecule has 0 fully saturated rings. The number of rotatable bonds is 10. The predicted molar refractivity (Wildman–Crippen MR) is 77.5 cm³/mol. The Morgan fingerprint density at radius 3 is 2.81 bits per heavy atom. The molecule has 7 heteroatoms. The molecule has 0 unspecified atom stereocenters. The van der Waals surface area contributed by atoms with Crippen LogP contribution < -0.4 is 5.32 Å². The number of benzene rings is 1. The fraction of sp³-hybridized carbons (Fsp3) is 0.500. The first kappa shape index (κ1) is 17.1. The number of hydrogen-bond donors (Lipinski definition) is 2. The minimum atomic E-state index is -1.29. The van der Waals surface area contributed by atoms with Crippen molar-refractivity contribution >= 4 is 11.7 Å². The van der Waals surface area contributed by atoms with Crippen molar-refractivity contribution in [1.82, 2.24) is 5.32 Å². The van der Waals surface area contributed by atoms with Crippen LogP contribution in [-0.2, 0) is 11.3 Å². The normalized spacial score (nSPS) is 10.5. The molecule has 0 bridgehead atoms. The molecule has 0 amide bonds. The maximum absolute atomic E-state index is 11.2. The van der Waals surface area contributed by atoms with Crippen LogP contribution in [0.2, 0.25) is 0 Å². The van der Waals surface area contributed by atoms with Crippen LogP contribution in [0.1, 0.15) is 35.7 Å². The highest BCUT2D eigenvalue weighted by Gasteiger charge is 2.22. The summed E-state index contributed by atoms with van der Waals surface area (Å²) in [5.41, 5.74) is -0.225. The molecule has 0 aliphatic rings. The number of nitrogens with zero attached hydrogens (tertiary/aromatic N) is 1. The molecule has 0 aromatic heterocycles. The van der Waals surface area contributed by atoms with Gasteiger partial charge in [-0.3, -0.25) is 10.1 Å². The zero-order chi connectivity index (χ0) is 15.7. The Bertz CT molecular complexity index is 490. The lowest BCUT2D eigenvalue weighted by atomic mass is 10.1. The third-order valence-corrected chi connectivity index (χ3v) is 2.85. The Kier molecular flexibility index (Phi) is 7.34.